The molecule has 0 aromatic heterocycles. The molecule has 1 aliphatic heterocycles. The lowest BCUT2D eigenvalue weighted by molar-refractivity contribution is -0.116. The number of rotatable bonds is 7. The average Bonchev–Trinajstić information content (AvgIpc) is 2.89. The average molecular weight is 354 g/mol. The van der Waals surface area contributed by atoms with E-state index in [1.54, 1.807) is 17.0 Å². The number of carbonyl (C=O) groups is 1. The summed E-state index contributed by atoms with van der Waals surface area (Å²) < 4.78 is 18.0. The first-order valence-corrected chi connectivity index (χ1v) is 8.21. The molecule has 0 fully saturated rings. The van der Waals surface area contributed by atoms with Crippen LogP contribution in [0.25, 0.3) is 0 Å². The van der Waals surface area contributed by atoms with Crippen molar-refractivity contribution in [3.8, 4) is 5.75 Å². The number of ether oxygens (including phenoxy) is 1. The second-order valence-corrected chi connectivity index (χ2v) is 6.18. The molecule has 0 spiro atoms. The van der Waals surface area contributed by atoms with Crippen molar-refractivity contribution >= 4 is 23.2 Å². The summed E-state index contributed by atoms with van der Waals surface area (Å²) in [5.41, 5.74) is 1.59. The van der Waals surface area contributed by atoms with Gasteiger partial charge in [-0.25, -0.2) is 4.39 Å². The molecule has 1 aromatic carbocycles. The maximum Gasteiger partial charge on any atom is 0.242 e. The van der Waals surface area contributed by atoms with Crippen molar-refractivity contribution < 1.29 is 13.9 Å². The monoisotopic (exact) mass is 353 g/mol. The Bertz CT molecular complexity index is 678. The van der Waals surface area contributed by atoms with Crippen LogP contribution in [0.5, 0.6) is 5.75 Å². The molecule has 1 aromatic rings. The first-order chi connectivity index (χ1) is 11.4. The number of amides is 1. The van der Waals surface area contributed by atoms with E-state index in [0.29, 0.717) is 11.4 Å². The smallest absolute Gasteiger partial charge is 0.242 e. The summed E-state index contributed by atoms with van der Waals surface area (Å²) in [5.74, 6) is 0.00286. The van der Waals surface area contributed by atoms with E-state index in [2.05, 4.69) is 10.2 Å². The minimum atomic E-state index is -0.633. The molecule has 5 nitrogen and oxygen atoms in total. The Morgan fingerprint density at radius 3 is 2.75 bits per heavy atom. The van der Waals surface area contributed by atoms with Crippen molar-refractivity contribution in [2.45, 2.75) is 26.3 Å². The normalized spacial score (nSPS) is 19.3. The molecule has 1 amide bonds. The molecule has 24 heavy (non-hydrogen) atoms. The molecule has 1 heterocycles. The van der Waals surface area contributed by atoms with Gasteiger partial charge in [0.2, 0.25) is 5.91 Å². The lowest BCUT2D eigenvalue weighted by atomic mass is 10.0. The zero-order chi connectivity index (χ0) is 17.7. The van der Waals surface area contributed by atoms with E-state index in [1.807, 2.05) is 32.9 Å². The largest absolute Gasteiger partial charge is 0.489 e. The van der Waals surface area contributed by atoms with Gasteiger partial charge in [-0.1, -0.05) is 12.1 Å². The summed E-state index contributed by atoms with van der Waals surface area (Å²) in [6.45, 7) is 5.20. The van der Waals surface area contributed by atoms with Crippen LogP contribution >= 0.6 is 11.6 Å². The van der Waals surface area contributed by atoms with Crippen LogP contribution in [0.1, 0.15) is 19.4 Å². The van der Waals surface area contributed by atoms with Crippen LogP contribution in [0, 0.1) is 6.92 Å². The zero-order valence-electron chi connectivity index (χ0n) is 14.1. The third-order valence-corrected chi connectivity index (χ3v) is 3.88. The van der Waals surface area contributed by atoms with Gasteiger partial charge in [-0.05, 0) is 38.5 Å². The third-order valence-electron chi connectivity index (χ3n) is 3.65. The highest BCUT2D eigenvalue weighted by Gasteiger charge is 2.32. The Labute approximate surface area is 146 Å². The Balaban J connectivity index is 2.42. The molecule has 0 radical (unpaired) electrons. The van der Waals surface area contributed by atoms with Crippen LogP contribution in [-0.4, -0.2) is 37.2 Å². The molecule has 1 atom stereocenters. The number of carbonyl (C=O) groups excluding carboxylic acids is 1. The molecule has 0 saturated heterocycles. The van der Waals surface area contributed by atoms with Crippen molar-refractivity contribution in [2.24, 2.45) is 10.2 Å². The molecular weight excluding hydrogens is 333 g/mol. The molecule has 1 aliphatic rings. The fourth-order valence-electron chi connectivity index (χ4n) is 2.71. The molecule has 7 heteroatoms. The fourth-order valence-corrected chi connectivity index (χ4v) is 2.85. The van der Waals surface area contributed by atoms with Gasteiger partial charge in [0.25, 0.3) is 0 Å². The Morgan fingerprint density at radius 2 is 2.17 bits per heavy atom. The molecule has 0 bridgehead atoms. The van der Waals surface area contributed by atoms with Gasteiger partial charge in [0.15, 0.2) is 0 Å². The number of hydrogen-bond donors (Lipinski definition) is 0. The molecule has 130 valence electrons. The minimum absolute atomic E-state index is 0.0741. The summed E-state index contributed by atoms with van der Waals surface area (Å²) in [4.78, 5) is 14.0. The van der Waals surface area contributed by atoms with Crippen LogP contribution in [0.15, 0.2) is 40.2 Å². The Morgan fingerprint density at radius 1 is 1.42 bits per heavy atom. The van der Waals surface area contributed by atoms with Crippen LogP contribution in [0.2, 0.25) is 0 Å². The van der Waals surface area contributed by atoms with Crippen LogP contribution in [0.3, 0.4) is 0 Å². The number of aryl methyl sites for hydroxylation is 1. The highest BCUT2D eigenvalue weighted by atomic mass is 35.5. The SMILES string of the molecule is CC1=CC(C)(CN(C(=O)CCl)c2c(C)cccc2OCCF)N=N1. The van der Waals surface area contributed by atoms with Crippen molar-refractivity contribution in [1.29, 1.82) is 0 Å². The first kappa shape index (κ1) is 18.4. The van der Waals surface area contributed by atoms with Crippen molar-refractivity contribution in [2.75, 3.05) is 30.6 Å². The van der Waals surface area contributed by atoms with Gasteiger partial charge in [0.1, 0.15) is 30.4 Å². The topological polar surface area (TPSA) is 54.3 Å². The van der Waals surface area contributed by atoms with E-state index < -0.39 is 12.2 Å². The van der Waals surface area contributed by atoms with Gasteiger partial charge < -0.3 is 9.64 Å². The summed E-state index contributed by atoms with van der Waals surface area (Å²) >= 11 is 5.80. The number of benzene rings is 1. The number of anilines is 1. The Kier molecular flexibility index (Phi) is 5.94. The van der Waals surface area contributed by atoms with E-state index in [1.165, 1.54) is 0 Å². The quantitative estimate of drug-likeness (QED) is 0.694. The molecule has 0 saturated carbocycles. The van der Waals surface area contributed by atoms with Gasteiger partial charge in [0, 0.05) is 0 Å². The third kappa shape index (κ3) is 4.12. The number of halogens is 2. The number of azo groups is 1. The molecule has 0 N–H and O–H groups in total. The summed E-state index contributed by atoms with van der Waals surface area (Å²) in [6.07, 6.45) is 1.90. The van der Waals surface area contributed by atoms with Gasteiger partial charge in [0.05, 0.1) is 17.9 Å². The molecule has 2 rings (SSSR count). The number of hydrogen-bond acceptors (Lipinski definition) is 4. The second-order valence-electron chi connectivity index (χ2n) is 5.92. The predicted octanol–water partition coefficient (Wildman–Crippen LogP) is 4.04. The minimum Gasteiger partial charge on any atom is -0.489 e. The summed E-state index contributed by atoms with van der Waals surface area (Å²) in [5, 5.41) is 8.30. The standard InChI is InChI=1S/C17H21ClFN3O2/c1-12-5-4-6-14(24-8-7-19)16(12)22(15(23)10-18)11-17(3)9-13(2)20-21-17/h4-6,9H,7-8,10-11H2,1-3H3. The lowest BCUT2D eigenvalue weighted by Crippen LogP contribution is -2.42. The predicted molar refractivity (Wildman–Crippen MR) is 92.7 cm³/mol. The highest BCUT2D eigenvalue weighted by molar-refractivity contribution is 6.29. The molecular formula is C17H21ClFN3O2. The van der Waals surface area contributed by atoms with Crippen LogP contribution in [-0.2, 0) is 4.79 Å². The number of para-hydroxylation sites is 1. The fraction of sp³-hybridized carbons (Fsp3) is 0.471. The second kappa shape index (κ2) is 7.75. The van der Waals surface area contributed by atoms with Crippen LogP contribution < -0.4 is 9.64 Å². The van der Waals surface area contributed by atoms with Crippen molar-refractivity contribution in [3.05, 3.63) is 35.5 Å². The van der Waals surface area contributed by atoms with Gasteiger partial charge >= 0.3 is 0 Å². The highest BCUT2D eigenvalue weighted by Crippen LogP contribution is 2.35. The summed E-state index contributed by atoms with van der Waals surface area (Å²) in [7, 11) is 0. The van der Waals surface area contributed by atoms with Gasteiger partial charge in [-0.15, -0.1) is 11.6 Å². The maximum absolute atomic E-state index is 12.5. The maximum atomic E-state index is 12.5. The van der Waals surface area contributed by atoms with E-state index in [9.17, 15) is 9.18 Å². The van der Waals surface area contributed by atoms with E-state index >= 15 is 0 Å². The van der Waals surface area contributed by atoms with Gasteiger partial charge in [-0.2, -0.15) is 10.2 Å². The van der Waals surface area contributed by atoms with Crippen molar-refractivity contribution in [1.82, 2.24) is 0 Å². The summed E-state index contributed by atoms with van der Waals surface area (Å²) in [6, 6.07) is 5.38. The number of nitrogens with zero attached hydrogens (tertiary/aromatic N) is 3. The van der Waals surface area contributed by atoms with E-state index in [0.717, 1.165) is 11.3 Å². The molecule has 1 unspecified atom stereocenters. The Hall–Kier alpha value is -1.95. The number of alkyl halides is 2. The van der Waals surface area contributed by atoms with E-state index in [4.69, 9.17) is 16.3 Å². The first-order valence-electron chi connectivity index (χ1n) is 7.67. The van der Waals surface area contributed by atoms with Crippen LogP contribution in [0.4, 0.5) is 10.1 Å². The zero-order valence-corrected chi connectivity index (χ0v) is 14.8. The number of allylic oxidation sites excluding steroid dienone is 1. The lowest BCUT2D eigenvalue weighted by Gasteiger charge is -2.30. The van der Waals surface area contributed by atoms with Crippen molar-refractivity contribution in [3.63, 3.8) is 0 Å². The van der Waals surface area contributed by atoms with Gasteiger partial charge in [-0.3, -0.25) is 4.79 Å². The molecule has 0 aliphatic carbocycles. The van der Waals surface area contributed by atoms with E-state index in [-0.39, 0.29) is 24.9 Å².